The number of rotatable bonds is 6. The average Bonchev–Trinajstić information content (AvgIpc) is 2.70. The fraction of sp³-hybridized carbons (Fsp3) is 0.682. The van der Waals surface area contributed by atoms with Crippen LogP contribution in [0, 0.1) is 5.92 Å². The van der Waals surface area contributed by atoms with Crippen LogP contribution < -0.4 is 19.9 Å². The molecule has 0 spiro atoms. The van der Waals surface area contributed by atoms with Crippen molar-refractivity contribution >= 4 is 5.91 Å². The molecule has 5 heteroatoms. The number of piperazine rings is 1. The van der Waals surface area contributed by atoms with Crippen molar-refractivity contribution in [3.63, 3.8) is 0 Å². The zero-order chi connectivity index (χ0) is 19.2. The summed E-state index contributed by atoms with van der Waals surface area (Å²) in [5.41, 5.74) is 1.35. The predicted octanol–water partition coefficient (Wildman–Crippen LogP) is 0.0620. The number of amides is 1. The second-order valence-corrected chi connectivity index (χ2v) is 8.53. The number of benzene rings is 1. The summed E-state index contributed by atoms with van der Waals surface area (Å²) >= 11 is 0. The van der Waals surface area contributed by atoms with Crippen LogP contribution in [0.1, 0.15) is 45.1 Å². The zero-order valence-corrected chi connectivity index (χ0v) is 17.2. The van der Waals surface area contributed by atoms with Crippen molar-refractivity contribution in [3.05, 3.63) is 29.8 Å². The smallest absolute Gasteiger partial charge is 0.278 e. The highest BCUT2D eigenvalue weighted by molar-refractivity contribution is 5.80. The Morgan fingerprint density at radius 2 is 1.81 bits per heavy atom. The summed E-state index contributed by atoms with van der Waals surface area (Å²) in [6.07, 6.45) is 4.96. The Morgan fingerprint density at radius 3 is 2.44 bits per heavy atom. The van der Waals surface area contributed by atoms with Crippen LogP contribution in [0.15, 0.2) is 24.3 Å². The number of hydrogen-bond acceptors (Lipinski definition) is 2. The van der Waals surface area contributed by atoms with E-state index < -0.39 is 0 Å². The average molecular weight is 376 g/mol. The van der Waals surface area contributed by atoms with Gasteiger partial charge in [-0.05, 0) is 49.9 Å². The van der Waals surface area contributed by atoms with Crippen molar-refractivity contribution in [3.8, 4) is 5.75 Å². The minimum Gasteiger partial charge on any atom is -0.497 e. The minimum absolute atomic E-state index is 0.0571. The van der Waals surface area contributed by atoms with Crippen molar-refractivity contribution in [2.45, 2.75) is 58.2 Å². The van der Waals surface area contributed by atoms with Crippen LogP contribution in [0.3, 0.4) is 0 Å². The third-order valence-electron chi connectivity index (χ3n) is 6.66. The summed E-state index contributed by atoms with van der Waals surface area (Å²) < 4.78 is 5.23. The molecule has 1 amide bonds. The van der Waals surface area contributed by atoms with Gasteiger partial charge in [0.2, 0.25) is 0 Å². The van der Waals surface area contributed by atoms with Gasteiger partial charge in [-0.25, -0.2) is 0 Å². The van der Waals surface area contributed by atoms with Crippen molar-refractivity contribution < 1.29 is 19.3 Å². The van der Waals surface area contributed by atoms with E-state index in [2.05, 4.69) is 31.3 Å². The van der Waals surface area contributed by atoms with Crippen molar-refractivity contribution in [2.75, 3.05) is 33.3 Å². The molecule has 0 bridgehead atoms. The van der Waals surface area contributed by atoms with E-state index in [-0.39, 0.29) is 11.9 Å². The highest BCUT2D eigenvalue weighted by Crippen LogP contribution is 2.23. The fourth-order valence-corrected chi connectivity index (χ4v) is 4.59. The normalized spacial score (nSPS) is 29.7. The molecule has 150 valence electrons. The molecule has 1 aromatic rings. The van der Waals surface area contributed by atoms with Gasteiger partial charge < -0.3 is 19.9 Å². The Kier molecular flexibility index (Phi) is 7.13. The summed E-state index contributed by atoms with van der Waals surface area (Å²) in [6.45, 7) is 9.82. The highest BCUT2D eigenvalue weighted by atomic mass is 16.5. The Morgan fingerprint density at radius 1 is 1.15 bits per heavy atom. The van der Waals surface area contributed by atoms with Crippen LogP contribution in [0.25, 0.3) is 0 Å². The van der Waals surface area contributed by atoms with Gasteiger partial charge in [-0.2, -0.15) is 0 Å². The lowest BCUT2D eigenvalue weighted by molar-refractivity contribution is -1.02. The molecule has 5 nitrogen and oxygen atoms in total. The third kappa shape index (κ3) is 5.45. The molecular weight excluding hydrogens is 338 g/mol. The molecule has 0 aromatic heterocycles. The van der Waals surface area contributed by atoms with Crippen LogP contribution >= 0.6 is 0 Å². The van der Waals surface area contributed by atoms with Crippen LogP contribution in [0.2, 0.25) is 0 Å². The number of methoxy groups -OCH3 is 1. The summed E-state index contributed by atoms with van der Waals surface area (Å²) in [6, 6.07) is 8.83. The molecular formula is C22H37N3O2+2. The van der Waals surface area contributed by atoms with Crippen molar-refractivity contribution in [1.82, 2.24) is 5.32 Å². The number of carbonyl (C=O) groups excluding carboxylic acids is 1. The highest BCUT2D eigenvalue weighted by Gasteiger charge is 2.33. The Balaban J connectivity index is 1.44. The van der Waals surface area contributed by atoms with Gasteiger partial charge in [0.1, 0.15) is 38.5 Å². The minimum atomic E-state index is 0.0571. The van der Waals surface area contributed by atoms with E-state index in [4.69, 9.17) is 4.74 Å². The Labute approximate surface area is 164 Å². The summed E-state index contributed by atoms with van der Waals surface area (Å²) in [4.78, 5) is 15.8. The first-order valence-electron chi connectivity index (χ1n) is 10.7. The van der Waals surface area contributed by atoms with E-state index in [1.165, 1.54) is 29.7 Å². The molecule has 2 fully saturated rings. The molecule has 1 aliphatic heterocycles. The molecule has 0 radical (unpaired) electrons. The Bertz CT molecular complexity index is 596. The molecule has 27 heavy (non-hydrogen) atoms. The first-order chi connectivity index (χ1) is 13.1. The fourth-order valence-electron chi connectivity index (χ4n) is 4.59. The molecule has 1 heterocycles. The predicted molar refractivity (Wildman–Crippen MR) is 107 cm³/mol. The van der Waals surface area contributed by atoms with Crippen LogP contribution in [0.5, 0.6) is 5.75 Å². The number of nitrogens with one attached hydrogen (secondary N) is 3. The second-order valence-electron chi connectivity index (χ2n) is 8.53. The number of hydrogen-bond donors (Lipinski definition) is 3. The van der Waals surface area contributed by atoms with E-state index in [9.17, 15) is 4.79 Å². The lowest BCUT2D eigenvalue weighted by atomic mass is 9.86. The van der Waals surface area contributed by atoms with E-state index in [0.717, 1.165) is 44.9 Å². The van der Waals surface area contributed by atoms with E-state index in [1.807, 2.05) is 12.1 Å². The maximum atomic E-state index is 12.7. The molecule has 1 aromatic carbocycles. The molecule has 1 saturated heterocycles. The molecule has 3 rings (SSSR count). The molecule has 3 N–H and O–H groups in total. The largest absolute Gasteiger partial charge is 0.497 e. The number of carbonyl (C=O) groups is 1. The van der Waals surface area contributed by atoms with Gasteiger partial charge in [0.15, 0.2) is 6.04 Å². The van der Waals surface area contributed by atoms with Gasteiger partial charge in [0.05, 0.1) is 7.11 Å². The summed E-state index contributed by atoms with van der Waals surface area (Å²) in [7, 11) is 1.70. The molecule has 1 saturated carbocycles. The number of quaternary nitrogens is 2. The first-order valence-corrected chi connectivity index (χ1v) is 10.7. The Hall–Kier alpha value is -1.59. The maximum absolute atomic E-state index is 12.7. The van der Waals surface area contributed by atoms with Crippen molar-refractivity contribution in [2.24, 2.45) is 5.92 Å². The summed E-state index contributed by atoms with van der Waals surface area (Å²) in [5.74, 6) is 1.79. The van der Waals surface area contributed by atoms with Gasteiger partial charge in [-0.3, -0.25) is 4.79 Å². The second kappa shape index (κ2) is 9.56. The molecule has 2 aliphatic rings. The van der Waals surface area contributed by atoms with Crippen LogP contribution in [-0.2, 0) is 11.3 Å². The van der Waals surface area contributed by atoms with E-state index in [1.54, 1.807) is 12.0 Å². The lowest BCUT2D eigenvalue weighted by Crippen LogP contribution is -3.29. The quantitative estimate of drug-likeness (QED) is 0.659. The maximum Gasteiger partial charge on any atom is 0.278 e. The molecule has 0 unspecified atom stereocenters. The zero-order valence-electron chi connectivity index (χ0n) is 17.2. The van der Waals surface area contributed by atoms with E-state index in [0.29, 0.717) is 12.0 Å². The molecule has 1 aliphatic carbocycles. The van der Waals surface area contributed by atoms with Crippen LogP contribution in [-0.4, -0.2) is 51.3 Å². The summed E-state index contributed by atoms with van der Waals surface area (Å²) in [5, 5.41) is 3.35. The van der Waals surface area contributed by atoms with Gasteiger partial charge in [-0.15, -0.1) is 0 Å². The first kappa shape index (κ1) is 20.2. The monoisotopic (exact) mass is 375 g/mol. The lowest BCUT2D eigenvalue weighted by Gasteiger charge is -2.34. The number of ether oxygens (including phenoxy) is 1. The van der Waals surface area contributed by atoms with Crippen molar-refractivity contribution in [1.29, 1.82) is 0 Å². The van der Waals surface area contributed by atoms with Gasteiger partial charge in [0.25, 0.3) is 5.91 Å². The van der Waals surface area contributed by atoms with Gasteiger partial charge in [0, 0.05) is 11.6 Å². The van der Waals surface area contributed by atoms with Crippen LogP contribution in [0.4, 0.5) is 0 Å². The van der Waals surface area contributed by atoms with Gasteiger partial charge >= 0.3 is 0 Å². The van der Waals surface area contributed by atoms with E-state index >= 15 is 0 Å². The standard InChI is InChI=1S/C22H35N3O2/c1-17-6-4-5-7-21(17)23-22(26)18(2)25-14-12-24(13-15-25)16-19-8-10-20(27-3)11-9-19/h8-11,17-18,21H,4-7,12-16H2,1-3H3,(H,23,26)/p+2/t17-,18-,21-/m1/s1. The molecule has 3 atom stereocenters. The SMILES string of the molecule is COc1ccc(C[NH+]2CC[NH+]([C@H](C)C(=O)N[C@@H]3CCCC[C@H]3C)CC2)cc1. The topological polar surface area (TPSA) is 47.2 Å². The third-order valence-corrected chi connectivity index (χ3v) is 6.66. The van der Waals surface area contributed by atoms with Gasteiger partial charge in [-0.1, -0.05) is 19.8 Å².